The lowest BCUT2D eigenvalue weighted by atomic mass is 9.82. The van der Waals surface area contributed by atoms with Crippen molar-refractivity contribution in [3.05, 3.63) is 0 Å². The lowest BCUT2D eigenvalue weighted by Gasteiger charge is -2.41. The van der Waals surface area contributed by atoms with Gasteiger partial charge in [0.25, 0.3) is 0 Å². The number of rotatable bonds is 3. The van der Waals surface area contributed by atoms with Crippen LogP contribution < -0.4 is 0 Å². The van der Waals surface area contributed by atoms with Crippen molar-refractivity contribution in [2.24, 2.45) is 5.41 Å². The highest BCUT2D eigenvalue weighted by Gasteiger charge is 2.55. The maximum absolute atomic E-state index is 10.2. The molecule has 0 spiro atoms. The van der Waals surface area contributed by atoms with E-state index in [1.165, 1.54) is 0 Å². The minimum absolute atomic E-state index is 0.0315. The summed E-state index contributed by atoms with van der Waals surface area (Å²) in [6.45, 7) is 11.3. The van der Waals surface area contributed by atoms with Crippen molar-refractivity contribution >= 4 is 9.04 Å². The van der Waals surface area contributed by atoms with Gasteiger partial charge in [0.1, 0.15) is 24.4 Å². The van der Waals surface area contributed by atoms with E-state index in [4.69, 9.17) is 13.9 Å². The first-order valence-electron chi connectivity index (χ1n) is 6.41. The predicted octanol–water partition coefficient (Wildman–Crippen LogP) is 0.928. The second kappa shape index (κ2) is 4.62. The average Bonchev–Trinajstić information content (AvgIpc) is 2.93. The third kappa shape index (κ3) is 2.90. The second-order valence-corrected chi connectivity index (χ2v) is 8.77. The van der Waals surface area contributed by atoms with E-state index in [0.29, 0.717) is 6.61 Å². The van der Waals surface area contributed by atoms with E-state index >= 15 is 0 Å². The summed E-state index contributed by atoms with van der Waals surface area (Å²) in [6, 6.07) is 0. The number of ether oxygens (including phenoxy) is 2. The van der Waals surface area contributed by atoms with Crippen molar-refractivity contribution in [2.75, 3.05) is 6.61 Å². The van der Waals surface area contributed by atoms with Crippen LogP contribution in [0.2, 0.25) is 13.1 Å². The molecule has 2 fully saturated rings. The Bertz CT molecular complexity index is 276. The van der Waals surface area contributed by atoms with Crippen LogP contribution >= 0.6 is 0 Å². The van der Waals surface area contributed by atoms with Crippen molar-refractivity contribution in [1.82, 2.24) is 0 Å². The predicted molar refractivity (Wildman–Crippen MR) is 67.6 cm³/mol. The fourth-order valence-electron chi connectivity index (χ4n) is 2.42. The van der Waals surface area contributed by atoms with Crippen molar-refractivity contribution in [2.45, 2.75) is 64.4 Å². The van der Waals surface area contributed by atoms with Crippen LogP contribution in [-0.4, -0.2) is 51.3 Å². The molecule has 2 heterocycles. The Balaban J connectivity index is 2.08. The van der Waals surface area contributed by atoms with E-state index in [0.717, 1.165) is 0 Å². The van der Waals surface area contributed by atoms with E-state index in [9.17, 15) is 5.11 Å². The highest BCUT2D eigenvalue weighted by atomic mass is 28.3. The third-order valence-corrected chi connectivity index (χ3v) is 4.16. The van der Waals surface area contributed by atoms with Crippen LogP contribution in [0.1, 0.15) is 20.8 Å². The first-order chi connectivity index (χ1) is 7.80. The summed E-state index contributed by atoms with van der Waals surface area (Å²) in [4.78, 5) is 0. The normalized spacial score (nSPS) is 39.0. The zero-order valence-electron chi connectivity index (χ0n) is 11.3. The number of aliphatic hydroxyl groups excluding tert-OH is 1. The fourth-order valence-corrected chi connectivity index (χ4v) is 3.57. The molecule has 1 N–H and O–H groups in total. The smallest absolute Gasteiger partial charge is 0.171 e. The molecule has 0 radical (unpaired) electrons. The lowest BCUT2D eigenvalue weighted by Crippen LogP contribution is -2.53. The van der Waals surface area contributed by atoms with Crippen molar-refractivity contribution in [3.63, 3.8) is 0 Å². The summed E-state index contributed by atoms with van der Waals surface area (Å²) in [5, 5.41) is 10.2. The van der Waals surface area contributed by atoms with Gasteiger partial charge in [-0.25, -0.2) is 0 Å². The summed E-state index contributed by atoms with van der Waals surface area (Å²) in [5.74, 6) is 0. The molecule has 5 heteroatoms. The maximum atomic E-state index is 10.2. The minimum Gasteiger partial charge on any atom is -0.414 e. The van der Waals surface area contributed by atoms with Gasteiger partial charge in [0.15, 0.2) is 9.04 Å². The van der Waals surface area contributed by atoms with Gasteiger partial charge in [0.05, 0.1) is 12.7 Å². The van der Waals surface area contributed by atoms with Gasteiger partial charge in [-0.2, -0.15) is 0 Å². The van der Waals surface area contributed by atoms with Gasteiger partial charge < -0.3 is 19.0 Å². The monoisotopic (exact) mass is 260 g/mol. The van der Waals surface area contributed by atoms with Gasteiger partial charge in [-0.3, -0.25) is 0 Å². The maximum Gasteiger partial charge on any atom is 0.171 e. The topological polar surface area (TPSA) is 51.2 Å². The second-order valence-electron chi connectivity index (χ2n) is 6.40. The van der Waals surface area contributed by atoms with Crippen LogP contribution in [0.25, 0.3) is 0 Å². The Labute approximate surface area is 105 Å². The summed E-state index contributed by atoms with van der Waals surface area (Å²) >= 11 is 0. The van der Waals surface area contributed by atoms with Gasteiger partial charge in [0, 0.05) is 0 Å². The zero-order chi connectivity index (χ0) is 12.8. The third-order valence-electron chi connectivity index (χ3n) is 3.32. The number of hydrogen-bond donors (Lipinski definition) is 1. The van der Waals surface area contributed by atoms with Gasteiger partial charge >= 0.3 is 0 Å². The van der Waals surface area contributed by atoms with E-state index in [-0.39, 0.29) is 29.8 Å². The molecule has 0 amide bonds. The van der Waals surface area contributed by atoms with Gasteiger partial charge in [-0.1, -0.05) is 20.8 Å². The number of aliphatic hydroxyl groups is 1. The molecule has 2 aliphatic heterocycles. The Morgan fingerprint density at radius 2 is 2.00 bits per heavy atom. The van der Waals surface area contributed by atoms with Crippen LogP contribution in [0.4, 0.5) is 0 Å². The Kier molecular flexibility index (Phi) is 3.67. The molecule has 0 bridgehead atoms. The summed E-state index contributed by atoms with van der Waals surface area (Å²) < 4.78 is 17.2. The van der Waals surface area contributed by atoms with Gasteiger partial charge in [-0.05, 0) is 18.5 Å². The molecular formula is C12H24O4Si. The van der Waals surface area contributed by atoms with Crippen LogP contribution in [0.5, 0.6) is 0 Å². The molecular weight excluding hydrogens is 236 g/mol. The molecule has 0 saturated carbocycles. The highest BCUT2D eigenvalue weighted by Crippen LogP contribution is 2.38. The minimum atomic E-state index is -1.17. The average molecular weight is 260 g/mol. The Morgan fingerprint density at radius 3 is 2.53 bits per heavy atom. The molecule has 0 aromatic rings. The Morgan fingerprint density at radius 1 is 1.35 bits per heavy atom. The molecule has 2 aliphatic rings. The first kappa shape index (κ1) is 13.5. The zero-order valence-corrected chi connectivity index (χ0v) is 12.5. The standard InChI is InChI=1S/C12H24O4Si/c1-12(2,3)11(16-17(4)5)10-8(13)9-7(15-9)6-14-10/h7-11,13,17H,6H2,1-5H3/t7-,8-,9-,10-,11?/m0/s1. The molecule has 1 unspecified atom stereocenters. The molecule has 0 aromatic heterocycles. The van der Waals surface area contributed by atoms with Crippen LogP contribution in [0.3, 0.4) is 0 Å². The number of hydrogen-bond acceptors (Lipinski definition) is 4. The van der Waals surface area contributed by atoms with E-state index in [1.54, 1.807) is 0 Å². The SMILES string of the molecule is C[SiH](C)OC([C@H]1OC[C@@H]2O[C@@H]2[C@@H]1O)C(C)(C)C. The quantitative estimate of drug-likeness (QED) is 0.606. The van der Waals surface area contributed by atoms with Gasteiger partial charge in [0.2, 0.25) is 0 Å². The van der Waals surface area contributed by atoms with Crippen LogP contribution in [0.15, 0.2) is 0 Å². The molecule has 0 aromatic carbocycles. The summed E-state index contributed by atoms with van der Waals surface area (Å²) in [5.41, 5.74) is -0.0371. The van der Waals surface area contributed by atoms with E-state index < -0.39 is 15.1 Å². The highest BCUT2D eigenvalue weighted by molar-refractivity contribution is 6.48. The van der Waals surface area contributed by atoms with Crippen molar-refractivity contribution in [1.29, 1.82) is 0 Å². The van der Waals surface area contributed by atoms with Crippen molar-refractivity contribution in [3.8, 4) is 0 Å². The largest absolute Gasteiger partial charge is 0.414 e. The summed E-state index contributed by atoms with van der Waals surface area (Å²) in [6.07, 6.45) is -0.789. The molecule has 2 rings (SSSR count). The first-order valence-corrected chi connectivity index (χ1v) is 9.19. The number of epoxide rings is 1. The summed E-state index contributed by atoms with van der Waals surface area (Å²) in [7, 11) is -1.17. The fraction of sp³-hybridized carbons (Fsp3) is 1.00. The van der Waals surface area contributed by atoms with Crippen LogP contribution in [0, 0.1) is 5.41 Å². The lowest BCUT2D eigenvalue weighted by molar-refractivity contribution is -0.135. The number of fused-ring (bicyclic) bond motifs is 1. The van der Waals surface area contributed by atoms with Crippen LogP contribution in [-0.2, 0) is 13.9 Å². The van der Waals surface area contributed by atoms with Crippen molar-refractivity contribution < 1.29 is 19.0 Å². The molecule has 5 atom stereocenters. The van der Waals surface area contributed by atoms with Gasteiger partial charge in [-0.15, -0.1) is 0 Å². The molecule has 17 heavy (non-hydrogen) atoms. The molecule has 0 aliphatic carbocycles. The molecule has 4 nitrogen and oxygen atoms in total. The van der Waals surface area contributed by atoms with E-state index in [1.807, 2.05) is 0 Å². The van der Waals surface area contributed by atoms with E-state index in [2.05, 4.69) is 33.9 Å². The molecule has 2 saturated heterocycles. The molecule has 100 valence electrons. The Hall–Kier alpha value is 0.0569.